The minimum absolute atomic E-state index is 0.0207. The molecule has 134 valence electrons. The Morgan fingerprint density at radius 1 is 1.12 bits per heavy atom. The summed E-state index contributed by atoms with van der Waals surface area (Å²) in [4.78, 5) is 12.2. The number of anilines is 1. The van der Waals surface area contributed by atoms with E-state index in [1.165, 1.54) is 0 Å². The number of halogens is 1. The third-order valence-electron chi connectivity index (χ3n) is 3.87. The second-order valence-corrected chi connectivity index (χ2v) is 6.60. The van der Waals surface area contributed by atoms with Crippen molar-refractivity contribution in [2.45, 2.75) is 19.9 Å². The van der Waals surface area contributed by atoms with Crippen LogP contribution < -0.4 is 20.1 Å². The van der Waals surface area contributed by atoms with Crippen LogP contribution in [0, 0.1) is 6.92 Å². The van der Waals surface area contributed by atoms with Crippen molar-refractivity contribution in [3.63, 3.8) is 0 Å². The molecule has 0 aliphatic heterocycles. The fourth-order valence-electron chi connectivity index (χ4n) is 2.43. The van der Waals surface area contributed by atoms with Crippen LogP contribution in [-0.2, 0) is 4.79 Å². The van der Waals surface area contributed by atoms with Crippen LogP contribution in [0.5, 0.6) is 11.5 Å². The van der Waals surface area contributed by atoms with Gasteiger partial charge in [0.2, 0.25) is 5.91 Å². The summed E-state index contributed by atoms with van der Waals surface area (Å²) in [6.45, 7) is 4.17. The van der Waals surface area contributed by atoms with Gasteiger partial charge in [-0.25, -0.2) is 0 Å². The van der Waals surface area contributed by atoms with Gasteiger partial charge in [-0.1, -0.05) is 12.1 Å². The van der Waals surface area contributed by atoms with E-state index in [4.69, 9.17) is 9.47 Å². The van der Waals surface area contributed by atoms with Crippen LogP contribution in [0.25, 0.3) is 0 Å². The molecule has 2 aromatic carbocycles. The molecular weight excluding hydrogens is 384 g/mol. The number of ether oxygens (including phenoxy) is 2. The monoisotopic (exact) mass is 406 g/mol. The molecule has 1 unspecified atom stereocenters. The van der Waals surface area contributed by atoms with Gasteiger partial charge in [0.05, 0.1) is 30.9 Å². The molecule has 2 rings (SSSR count). The molecule has 1 amide bonds. The molecule has 25 heavy (non-hydrogen) atoms. The largest absolute Gasteiger partial charge is 0.496 e. The number of methoxy groups -OCH3 is 2. The van der Waals surface area contributed by atoms with Crippen LogP contribution >= 0.6 is 15.9 Å². The molecule has 6 heteroatoms. The molecule has 0 saturated carbocycles. The molecular formula is C19H23BrN2O3. The van der Waals surface area contributed by atoms with Crippen LogP contribution in [0.15, 0.2) is 40.9 Å². The van der Waals surface area contributed by atoms with Crippen molar-refractivity contribution in [1.82, 2.24) is 5.32 Å². The molecule has 0 fully saturated rings. The number of aryl methyl sites for hydroxylation is 1. The van der Waals surface area contributed by atoms with E-state index in [0.717, 1.165) is 21.3 Å². The minimum Gasteiger partial charge on any atom is -0.496 e. The fourth-order valence-corrected chi connectivity index (χ4v) is 2.99. The Labute approximate surface area is 156 Å². The van der Waals surface area contributed by atoms with Gasteiger partial charge in [-0.2, -0.15) is 0 Å². The Morgan fingerprint density at radius 2 is 1.80 bits per heavy atom. The molecule has 0 radical (unpaired) electrons. The van der Waals surface area contributed by atoms with Crippen molar-refractivity contribution in [3.05, 3.63) is 52.0 Å². The van der Waals surface area contributed by atoms with Gasteiger partial charge >= 0.3 is 0 Å². The first kappa shape index (κ1) is 19.3. The highest BCUT2D eigenvalue weighted by Gasteiger charge is 2.12. The molecule has 0 spiro atoms. The average molecular weight is 407 g/mol. The average Bonchev–Trinajstić information content (AvgIpc) is 2.59. The Morgan fingerprint density at radius 3 is 2.44 bits per heavy atom. The number of carbonyl (C=O) groups is 1. The number of rotatable bonds is 7. The maximum absolute atomic E-state index is 12.2. The van der Waals surface area contributed by atoms with Crippen LogP contribution in [0.2, 0.25) is 0 Å². The molecule has 0 saturated heterocycles. The molecule has 0 aliphatic carbocycles. The molecule has 2 N–H and O–H groups in total. The second-order valence-electron chi connectivity index (χ2n) is 5.75. The standard InChI is InChI=1S/C19H23BrN2O3/c1-12-5-7-18(25-4)16(9-12)22-19(23)11-21-13(2)14-6-8-17(24-3)15(20)10-14/h5-10,13,21H,11H2,1-4H3,(H,22,23). The molecule has 2 aromatic rings. The number of hydrogen-bond acceptors (Lipinski definition) is 4. The van der Waals surface area contributed by atoms with Gasteiger partial charge in [-0.05, 0) is 65.2 Å². The summed E-state index contributed by atoms with van der Waals surface area (Å²) in [6.07, 6.45) is 0. The smallest absolute Gasteiger partial charge is 0.238 e. The fraction of sp³-hybridized carbons (Fsp3) is 0.316. The van der Waals surface area contributed by atoms with Crippen LogP contribution in [0.1, 0.15) is 24.1 Å². The molecule has 0 aliphatic rings. The van der Waals surface area contributed by atoms with Crippen LogP contribution in [0.3, 0.4) is 0 Å². The third-order valence-corrected chi connectivity index (χ3v) is 4.49. The zero-order chi connectivity index (χ0) is 18.4. The van der Waals surface area contributed by atoms with Crippen molar-refractivity contribution < 1.29 is 14.3 Å². The van der Waals surface area contributed by atoms with Crippen molar-refractivity contribution in [2.24, 2.45) is 0 Å². The molecule has 5 nitrogen and oxygen atoms in total. The van der Waals surface area contributed by atoms with Crippen molar-refractivity contribution in [3.8, 4) is 11.5 Å². The third kappa shape index (κ3) is 5.21. The first-order valence-electron chi connectivity index (χ1n) is 7.96. The highest BCUT2D eigenvalue weighted by molar-refractivity contribution is 9.10. The summed E-state index contributed by atoms with van der Waals surface area (Å²) < 4.78 is 11.4. The predicted octanol–water partition coefficient (Wildman–Crippen LogP) is 4.06. The lowest BCUT2D eigenvalue weighted by molar-refractivity contribution is -0.115. The van der Waals surface area contributed by atoms with Gasteiger partial charge < -0.3 is 20.1 Å². The van der Waals surface area contributed by atoms with E-state index < -0.39 is 0 Å². The lowest BCUT2D eigenvalue weighted by Crippen LogP contribution is -2.30. The lowest BCUT2D eigenvalue weighted by Gasteiger charge is -2.16. The topological polar surface area (TPSA) is 59.6 Å². The second kappa shape index (κ2) is 8.87. The quantitative estimate of drug-likeness (QED) is 0.727. The predicted molar refractivity (Wildman–Crippen MR) is 103 cm³/mol. The van der Waals surface area contributed by atoms with E-state index in [1.807, 2.05) is 50.2 Å². The first-order chi connectivity index (χ1) is 11.9. The Kier molecular flexibility index (Phi) is 6.84. The highest BCUT2D eigenvalue weighted by Crippen LogP contribution is 2.28. The summed E-state index contributed by atoms with van der Waals surface area (Å²) in [7, 11) is 3.22. The van der Waals surface area contributed by atoms with E-state index in [9.17, 15) is 4.79 Å². The maximum Gasteiger partial charge on any atom is 0.238 e. The van der Waals surface area contributed by atoms with Gasteiger partial charge in [-0.15, -0.1) is 0 Å². The number of benzene rings is 2. The van der Waals surface area contributed by atoms with Crippen LogP contribution in [-0.4, -0.2) is 26.7 Å². The summed E-state index contributed by atoms with van der Waals surface area (Å²) in [6, 6.07) is 11.6. The summed E-state index contributed by atoms with van der Waals surface area (Å²) in [5.74, 6) is 1.30. The minimum atomic E-state index is -0.122. The van der Waals surface area contributed by atoms with Crippen LogP contribution in [0.4, 0.5) is 5.69 Å². The molecule has 0 bridgehead atoms. The Balaban J connectivity index is 1.95. The van der Waals surface area contributed by atoms with Crippen molar-refractivity contribution >= 4 is 27.5 Å². The van der Waals surface area contributed by atoms with Gasteiger partial charge in [0.1, 0.15) is 11.5 Å². The summed E-state index contributed by atoms with van der Waals surface area (Å²) in [5.41, 5.74) is 2.79. The Bertz CT molecular complexity index is 749. The van der Waals surface area contributed by atoms with Gasteiger partial charge in [-0.3, -0.25) is 4.79 Å². The van der Waals surface area contributed by atoms with E-state index in [0.29, 0.717) is 11.4 Å². The van der Waals surface area contributed by atoms with Gasteiger partial charge in [0, 0.05) is 6.04 Å². The van der Waals surface area contributed by atoms with Gasteiger partial charge in [0.15, 0.2) is 0 Å². The Hall–Kier alpha value is -2.05. The van der Waals surface area contributed by atoms with Crippen molar-refractivity contribution in [2.75, 3.05) is 26.1 Å². The van der Waals surface area contributed by atoms with E-state index in [-0.39, 0.29) is 18.5 Å². The normalized spacial score (nSPS) is 11.7. The maximum atomic E-state index is 12.2. The van der Waals surface area contributed by atoms with E-state index in [1.54, 1.807) is 14.2 Å². The molecule has 0 heterocycles. The zero-order valence-electron chi connectivity index (χ0n) is 14.9. The van der Waals surface area contributed by atoms with E-state index in [2.05, 4.69) is 26.6 Å². The number of amides is 1. The lowest BCUT2D eigenvalue weighted by atomic mass is 10.1. The summed E-state index contributed by atoms with van der Waals surface area (Å²) in [5, 5.41) is 6.10. The van der Waals surface area contributed by atoms with E-state index >= 15 is 0 Å². The van der Waals surface area contributed by atoms with Crippen molar-refractivity contribution in [1.29, 1.82) is 0 Å². The SMILES string of the molecule is COc1ccc(C(C)NCC(=O)Nc2cc(C)ccc2OC)cc1Br. The molecule has 1 atom stereocenters. The number of hydrogen-bond donors (Lipinski definition) is 2. The molecule has 0 aromatic heterocycles. The first-order valence-corrected chi connectivity index (χ1v) is 8.75. The zero-order valence-corrected chi connectivity index (χ0v) is 16.4. The number of carbonyl (C=O) groups excluding carboxylic acids is 1. The van der Waals surface area contributed by atoms with Gasteiger partial charge in [0.25, 0.3) is 0 Å². The highest BCUT2D eigenvalue weighted by atomic mass is 79.9. The number of nitrogens with one attached hydrogen (secondary N) is 2. The summed E-state index contributed by atoms with van der Waals surface area (Å²) >= 11 is 3.48.